The molecule has 0 aliphatic rings. The van der Waals surface area contributed by atoms with Crippen LogP contribution in [0.3, 0.4) is 0 Å². The minimum Gasteiger partial charge on any atom is -0.298 e. The summed E-state index contributed by atoms with van der Waals surface area (Å²) in [4.78, 5) is 17.8. The van der Waals surface area contributed by atoms with Gasteiger partial charge in [-0.15, -0.1) is 23.1 Å². The van der Waals surface area contributed by atoms with Crippen molar-refractivity contribution in [2.75, 3.05) is 5.32 Å². The summed E-state index contributed by atoms with van der Waals surface area (Å²) in [5, 5.41) is 5.47. The summed E-state index contributed by atoms with van der Waals surface area (Å²) in [6.45, 7) is 0. The molecule has 3 aromatic rings. The van der Waals surface area contributed by atoms with Crippen molar-refractivity contribution in [3.63, 3.8) is 0 Å². The topological polar surface area (TPSA) is 42.0 Å². The molecule has 3 rings (SSSR count). The van der Waals surface area contributed by atoms with Gasteiger partial charge in [-0.2, -0.15) is 0 Å². The molecule has 0 aliphatic carbocycles. The summed E-state index contributed by atoms with van der Waals surface area (Å²) in [6, 6.07) is 17.7. The van der Waals surface area contributed by atoms with E-state index < -0.39 is 0 Å². The fourth-order valence-corrected chi connectivity index (χ4v) is 3.86. The molecule has 0 radical (unpaired) electrons. The molecule has 0 bridgehead atoms. The number of nitrogens with zero attached hydrogens (tertiary/aromatic N) is 1. The molecule has 23 heavy (non-hydrogen) atoms. The minimum atomic E-state index is -0.127. The van der Waals surface area contributed by atoms with Gasteiger partial charge in [0, 0.05) is 25.2 Å². The Morgan fingerprint density at radius 1 is 1.13 bits per heavy atom. The fourth-order valence-electron chi connectivity index (χ4n) is 1.88. The Bertz CT molecular complexity index is 788. The number of anilines is 1. The van der Waals surface area contributed by atoms with Gasteiger partial charge in [-0.1, -0.05) is 18.2 Å². The molecule has 1 amide bonds. The van der Waals surface area contributed by atoms with Crippen LogP contribution in [0.25, 0.3) is 0 Å². The standard InChI is InChI=1S/C17H13IN2OS2/c18-13-8-6-12(7-9-13)16(21)20-17-19-14(11-23-17)10-22-15-4-2-1-3-5-15/h1-9,11H,10H2,(H,19,20,21). The smallest absolute Gasteiger partial charge is 0.257 e. The van der Waals surface area contributed by atoms with Crippen LogP contribution >= 0.6 is 45.7 Å². The molecule has 0 saturated carbocycles. The van der Waals surface area contributed by atoms with Crippen molar-refractivity contribution in [1.29, 1.82) is 0 Å². The van der Waals surface area contributed by atoms with Crippen LogP contribution in [0.2, 0.25) is 0 Å². The highest BCUT2D eigenvalue weighted by atomic mass is 127. The lowest BCUT2D eigenvalue weighted by atomic mass is 10.2. The highest BCUT2D eigenvalue weighted by Gasteiger charge is 2.09. The molecule has 116 valence electrons. The number of amides is 1. The van der Waals surface area contributed by atoms with Crippen LogP contribution in [0.1, 0.15) is 16.1 Å². The highest BCUT2D eigenvalue weighted by molar-refractivity contribution is 14.1. The average molecular weight is 452 g/mol. The second-order valence-electron chi connectivity index (χ2n) is 4.71. The zero-order chi connectivity index (χ0) is 16.1. The van der Waals surface area contributed by atoms with Crippen molar-refractivity contribution in [2.24, 2.45) is 0 Å². The lowest BCUT2D eigenvalue weighted by molar-refractivity contribution is 0.102. The Hall–Kier alpha value is -1.38. The maximum Gasteiger partial charge on any atom is 0.257 e. The van der Waals surface area contributed by atoms with E-state index in [-0.39, 0.29) is 5.91 Å². The van der Waals surface area contributed by atoms with Crippen LogP contribution < -0.4 is 5.32 Å². The predicted molar refractivity (Wildman–Crippen MR) is 105 cm³/mol. The number of carbonyl (C=O) groups is 1. The van der Waals surface area contributed by atoms with Gasteiger partial charge in [0.25, 0.3) is 5.91 Å². The van der Waals surface area contributed by atoms with Crippen molar-refractivity contribution >= 4 is 56.7 Å². The molecule has 0 aliphatic heterocycles. The fraction of sp³-hybridized carbons (Fsp3) is 0.0588. The number of carbonyl (C=O) groups excluding carboxylic acids is 1. The van der Waals surface area contributed by atoms with Crippen molar-refractivity contribution in [3.05, 3.63) is 74.8 Å². The first-order valence-corrected chi connectivity index (χ1v) is 9.84. The zero-order valence-corrected chi connectivity index (χ0v) is 15.8. The molecule has 3 nitrogen and oxygen atoms in total. The maximum absolute atomic E-state index is 12.2. The van der Waals surface area contributed by atoms with Crippen LogP contribution in [-0.4, -0.2) is 10.9 Å². The molecule has 0 spiro atoms. The molecule has 1 heterocycles. The maximum atomic E-state index is 12.2. The number of thioether (sulfide) groups is 1. The summed E-state index contributed by atoms with van der Waals surface area (Å²) >= 11 is 5.40. The van der Waals surface area contributed by atoms with Gasteiger partial charge in [0.15, 0.2) is 5.13 Å². The molecular weight excluding hydrogens is 439 g/mol. The van der Waals surface area contributed by atoms with Gasteiger partial charge in [0.2, 0.25) is 0 Å². The van der Waals surface area contributed by atoms with Gasteiger partial charge < -0.3 is 0 Å². The van der Waals surface area contributed by atoms with E-state index in [2.05, 4.69) is 45.0 Å². The third kappa shape index (κ3) is 4.79. The van der Waals surface area contributed by atoms with Gasteiger partial charge >= 0.3 is 0 Å². The van der Waals surface area contributed by atoms with Gasteiger partial charge in [-0.3, -0.25) is 10.1 Å². The lowest BCUT2D eigenvalue weighted by Crippen LogP contribution is -2.11. The zero-order valence-electron chi connectivity index (χ0n) is 12.0. The van der Waals surface area contributed by atoms with E-state index >= 15 is 0 Å². The van der Waals surface area contributed by atoms with Crippen molar-refractivity contribution in [2.45, 2.75) is 10.6 Å². The summed E-state index contributed by atoms with van der Waals surface area (Å²) in [7, 11) is 0. The number of thiazole rings is 1. The Kier molecular flexibility index (Phi) is 5.69. The first kappa shape index (κ1) is 16.5. The first-order valence-electron chi connectivity index (χ1n) is 6.90. The van der Waals surface area contributed by atoms with Gasteiger partial charge in [0.05, 0.1) is 5.69 Å². The lowest BCUT2D eigenvalue weighted by Gasteiger charge is -2.01. The molecule has 0 atom stereocenters. The minimum absolute atomic E-state index is 0.127. The normalized spacial score (nSPS) is 10.5. The van der Waals surface area contributed by atoms with E-state index in [0.29, 0.717) is 10.7 Å². The Labute approximate surface area is 156 Å². The van der Waals surface area contributed by atoms with E-state index in [4.69, 9.17) is 0 Å². The molecule has 1 aromatic heterocycles. The number of benzene rings is 2. The van der Waals surface area contributed by atoms with Crippen LogP contribution in [0.4, 0.5) is 5.13 Å². The molecule has 0 fully saturated rings. The summed E-state index contributed by atoms with van der Waals surface area (Å²) in [6.07, 6.45) is 0. The Morgan fingerprint density at radius 3 is 2.61 bits per heavy atom. The number of hydrogen-bond donors (Lipinski definition) is 1. The second kappa shape index (κ2) is 7.94. The summed E-state index contributed by atoms with van der Waals surface area (Å²) < 4.78 is 1.11. The molecule has 6 heteroatoms. The van der Waals surface area contributed by atoms with Gasteiger partial charge in [0.1, 0.15) is 0 Å². The van der Waals surface area contributed by atoms with Crippen LogP contribution in [0.15, 0.2) is 64.9 Å². The van der Waals surface area contributed by atoms with E-state index in [1.54, 1.807) is 11.8 Å². The molecule has 0 unspecified atom stereocenters. The van der Waals surface area contributed by atoms with Crippen molar-refractivity contribution in [1.82, 2.24) is 4.98 Å². The Balaban J connectivity index is 1.58. The van der Waals surface area contributed by atoms with E-state index in [9.17, 15) is 4.79 Å². The molecular formula is C17H13IN2OS2. The van der Waals surface area contributed by atoms with Gasteiger partial charge in [-0.25, -0.2) is 4.98 Å². The van der Waals surface area contributed by atoms with Crippen LogP contribution in [0, 0.1) is 3.57 Å². The van der Waals surface area contributed by atoms with E-state index in [1.165, 1.54) is 16.2 Å². The third-order valence-electron chi connectivity index (χ3n) is 3.01. The van der Waals surface area contributed by atoms with Crippen molar-refractivity contribution in [3.8, 4) is 0 Å². The first-order chi connectivity index (χ1) is 11.2. The monoisotopic (exact) mass is 452 g/mol. The summed E-state index contributed by atoms with van der Waals surface area (Å²) in [5.41, 5.74) is 1.61. The number of nitrogens with one attached hydrogen (secondary N) is 1. The van der Waals surface area contributed by atoms with Crippen LogP contribution in [-0.2, 0) is 5.75 Å². The van der Waals surface area contributed by atoms with Gasteiger partial charge in [-0.05, 0) is 59.0 Å². The second-order valence-corrected chi connectivity index (χ2v) is 7.86. The number of rotatable bonds is 5. The molecule has 2 aromatic carbocycles. The highest BCUT2D eigenvalue weighted by Crippen LogP contribution is 2.25. The van der Waals surface area contributed by atoms with Crippen LogP contribution in [0.5, 0.6) is 0 Å². The number of halogens is 1. The summed E-state index contributed by atoms with van der Waals surface area (Å²) in [5.74, 6) is 0.665. The molecule has 1 N–H and O–H groups in total. The third-order valence-corrected chi connectivity index (χ3v) is 5.58. The predicted octanol–water partition coefficient (Wildman–Crippen LogP) is 5.29. The van der Waals surface area contributed by atoms with E-state index in [1.807, 2.05) is 47.8 Å². The number of hydrogen-bond acceptors (Lipinski definition) is 4. The SMILES string of the molecule is O=C(Nc1nc(CSc2ccccc2)cs1)c1ccc(I)cc1. The quantitative estimate of drug-likeness (QED) is 0.423. The number of aromatic nitrogens is 1. The van der Waals surface area contributed by atoms with E-state index in [0.717, 1.165) is 15.0 Å². The largest absolute Gasteiger partial charge is 0.298 e. The van der Waals surface area contributed by atoms with Crippen molar-refractivity contribution < 1.29 is 4.79 Å². The average Bonchev–Trinajstić information content (AvgIpc) is 3.02. The molecule has 0 saturated heterocycles. The Morgan fingerprint density at radius 2 is 1.87 bits per heavy atom.